The van der Waals surface area contributed by atoms with Crippen LogP contribution in [0, 0.1) is 28.8 Å². The van der Waals surface area contributed by atoms with E-state index in [2.05, 4.69) is 16.7 Å². The highest BCUT2D eigenvalue weighted by Gasteiger charge is 2.46. The smallest absolute Gasteiger partial charge is 0.451 e. The van der Waals surface area contributed by atoms with Crippen LogP contribution in [-0.4, -0.2) is 70.1 Å². The quantitative estimate of drug-likeness (QED) is 0.0721. The lowest BCUT2D eigenvalue weighted by Crippen LogP contribution is -2.47. The highest BCUT2D eigenvalue weighted by Crippen LogP contribution is 2.42. The number of rotatable bonds is 16. The number of halogens is 3. The van der Waals surface area contributed by atoms with Crippen LogP contribution in [0.4, 0.5) is 18.0 Å². The maximum Gasteiger partial charge on any atom is 0.508 e. The third-order valence-electron chi connectivity index (χ3n) is 7.34. The minimum atomic E-state index is -1.71. The summed E-state index contributed by atoms with van der Waals surface area (Å²) >= 11 is 1.33. The number of aromatic nitrogens is 3. The van der Waals surface area contributed by atoms with Crippen molar-refractivity contribution in [2.45, 2.75) is 48.7 Å². The number of nitriles is 1. The van der Waals surface area contributed by atoms with E-state index in [-0.39, 0.29) is 62.2 Å². The second kappa shape index (κ2) is 18.7. The Hall–Kier alpha value is -4.91. The van der Waals surface area contributed by atoms with E-state index in [1.165, 1.54) is 53.4 Å². The summed E-state index contributed by atoms with van der Waals surface area (Å²) in [6.07, 6.45) is 8.80. The van der Waals surface area contributed by atoms with Crippen molar-refractivity contribution in [2.75, 3.05) is 26.4 Å². The van der Waals surface area contributed by atoms with E-state index in [1.807, 2.05) is 6.07 Å². The maximum atomic E-state index is 15.6. The Morgan fingerprint density at radius 1 is 1.16 bits per heavy atom. The zero-order valence-corrected chi connectivity index (χ0v) is 27.9. The van der Waals surface area contributed by atoms with Crippen LogP contribution in [0.25, 0.3) is 6.08 Å². The fraction of sp³-hybridized carbons (Fsp3) is 0.343. The Morgan fingerprint density at radius 2 is 1.96 bits per heavy atom. The summed E-state index contributed by atoms with van der Waals surface area (Å²) in [6.45, 7) is 5.30. The molecular formula is C35H35F3N4O7S. The third kappa shape index (κ3) is 10.8. The number of esters is 1. The maximum absolute atomic E-state index is 15.6. The molecule has 11 nitrogen and oxygen atoms in total. The summed E-state index contributed by atoms with van der Waals surface area (Å²) < 4.78 is 72.7. The van der Waals surface area contributed by atoms with Crippen LogP contribution in [0.1, 0.15) is 36.5 Å². The lowest BCUT2D eigenvalue weighted by atomic mass is 9.89. The van der Waals surface area contributed by atoms with E-state index in [4.69, 9.17) is 28.9 Å². The molecule has 0 N–H and O–H groups in total. The number of carbonyl (C=O) groups excluding carboxylic acids is 2. The zero-order valence-electron chi connectivity index (χ0n) is 27.1. The molecule has 1 aliphatic rings. The average molecular weight is 713 g/mol. The fourth-order valence-corrected chi connectivity index (χ4v) is 6.28. The molecule has 3 aromatic rings. The number of nitrogens with zero attached hydrogens (tertiary/aromatic N) is 4. The van der Waals surface area contributed by atoms with Gasteiger partial charge in [-0.05, 0) is 43.7 Å². The predicted octanol–water partition coefficient (Wildman–Crippen LogP) is 6.26. The van der Waals surface area contributed by atoms with Crippen LogP contribution in [0.5, 0.6) is 0 Å². The molecule has 0 spiro atoms. The van der Waals surface area contributed by atoms with Crippen molar-refractivity contribution >= 4 is 30.0 Å². The van der Waals surface area contributed by atoms with Crippen molar-refractivity contribution < 1.29 is 46.4 Å². The van der Waals surface area contributed by atoms with Crippen molar-refractivity contribution in [1.29, 1.82) is 5.26 Å². The normalized spacial score (nSPS) is 17.9. The van der Waals surface area contributed by atoms with Gasteiger partial charge in [0.25, 0.3) is 0 Å². The van der Waals surface area contributed by atoms with Gasteiger partial charge in [0.05, 0.1) is 43.2 Å². The lowest BCUT2D eigenvalue weighted by Gasteiger charge is -2.40. The third-order valence-corrected chi connectivity index (χ3v) is 8.79. The molecule has 1 saturated heterocycles. The summed E-state index contributed by atoms with van der Waals surface area (Å²) in [5.74, 6) is -2.97. The zero-order chi connectivity index (χ0) is 35.9. The molecule has 0 unspecified atom stereocenters. The SMILES string of the molecule is C=CCOC(=O)OCCCC(=O)O[C@@](Cn1cncn1)(c1ccc(F)cc1F)[C@@H](C)S[C@H]1CO[C@H](C=CC=Cc2ccc(C#N)cc2F)OC1. The van der Waals surface area contributed by atoms with Gasteiger partial charge in [-0.15, -0.1) is 11.8 Å². The van der Waals surface area contributed by atoms with Crippen molar-refractivity contribution in [3.63, 3.8) is 0 Å². The van der Waals surface area contributed by atoms with Crippen LogP contribution in [0.2, 0.25) is 0 Å². The number of hydrogen-bond donors (Lipinski definition) is 0. The van der Waals surface area contributed by atoms with Gasteiger partial charge in [-0.25, -0.2) is 27.6 Å². The fourth-order valence-electron chi connectivity index (χ4n) is 4.92. The number of hydrogen-bond acceptors (Lipinski definition) is 11. The first-order valence-corrected chi connectivity index (χ1v) is 16.4. The molecule has 0 aliphatic carbocycles. The minimum Gasteiger partial charge on any atom is -0.451 e. The largest absolute Gasteiger partial charge is 0.508 e. The monoisotopic (exact) mass is 712 g/mol. The van der Waals surface area contributed by atoms with Crippen LogP contribution < -0.4 is 0 Å². The van der Waals surface area contributed by atoms with Gasteiger partial charge in [0.1, 0.15) is 36.7 Å². The first-order valence-electron chi connectivity index (χ1n) is 15.5. The molecule has 2 heterocycles. The highest BCUT2D eigenvalue weighted by molar-refractivity contribution is 8.00. The summed E-state index contributed by atoms with van der Waals surface area (Å²) in [7, 11) is 0. The molecule has 2 atom stereocenters. The van der Waals surface area contributed by atoms with E-state index < -0.39 is 46.7 Å². The predicted molar refractivity (Wildman–Crippen MR) is 177 cm³/mol. The Labute approximate surface area is 291 Å². The summed E-state index contributed by atoms with van der Waals surface area (Å²) in [6, 6.07) is 9.10. The molecule has 0 saturated carbocycles. The highest BCUT2D eigenvalue weighted by atomic mass is 32.2. The van der Waals surface area contributed by atoms with Crippen LogP contribution in [0.3, 0.4) is 0 Å². The Balaban J connectivity index is 1.45. The number of allylic oxidation sites excluding steroid dienone is 2. The topological polar surface area (TPSA) is 135 Å². The lowest BCUT2D eigenvalue weighted by molar-refractivity contribution is -0.164. The van der Waals surface area contributed by atoms with E-state index in [1.54, 1.807) is 31.2 Å². The second-order valence-corrected chi connectivity index (χ2v) is 12.6. The molecule has 0 bridgehead atoms. The molecule has 50 heavy (non-hydrogen) atoms. The molecule has 264 valence electrons. The van der Waals surface area contributed by atoms with E-state index in [0.29, 0.717) is 11.6 Å². The van der Waals surface area contributed by atoms with Crippen molar-refractivity contribution in [3.8, 4) is 6.07 Å². The average Bonchev–Trinajstić information content (AvgIpc) is 3.61. The Kier molecular flexibility index (Phi) is 14.2. The molecule has 2 aromatic carbocycles. The molecule has 1 fully saturated rings. The van der Waals surface area contributed by atoms with Crippen molar-refractivity contribution in [2.24, 2.45) is 0 Å². The number of ether oxygens (including phenoxy) is 5. The minimum absolute atomic E-state index is 0.0282. The standard InChI is InChI=1S/C35H35F3N4O7S/c1-3-14-45-34(44)46-15-6-8-32(43)49-35(21-42-23-40-22-41-42,29-13-12-27(36)17-31(29)38)24(2)50-28-19-47-33(48-20-28)9-5-4-7-26-11-10-25(18-39)16-30(26)37/h3-5,7,9-13,16-17,22-24,28,33H,1,6,8,14-15,19-21H2,2H3/t24-,28-,33-,35-/m1/s1. The molecule has 1 aliphatic heterocycles. The van der Waals surface area contributed by atoms with Gasteiger partial charge >= 0.3 is 12.1 Å². The van der Waals surface area contributed by atoms with E-state index in [9.17, 15) is 18.4 Å². The van der Waals surface area contributed by atoms with Gasteiger partial charge in [0, 0.05) is 28.9 Å². The first-order chi connectivity index (χ1) is 24.1. The number of thioether (sulfide) groups is 1. The van der Waals surface area contributed by atoms with E-state index in [0.717, 1.165) is 12.1 Å². The molecule has 1 aromatic heterocycles. The molecule has 15 heteroatoms. The van der Waals surface area contributed by atoms with Gasteiger partial charge in [0.15, 0.2) is 11.9 Å². The molecule has 0 amide bonds. The second-order valence-electron chi connectivity index (χ2n) is 10.9. The van der Waals surface area contributed by atoms with Crippen LogP contribution in [0.15, 0.2) is 79.9 Å². The summed E-state index contributed by atoms with van der Waals surface area (Å²) in [4.78, 5) is 28.9. The van der Waals surface area contributed by atoms with Gasteiger partial charge in [-0.1, -0.05) is 36.9 Å². The van der Waals surface area contributed by atoms with Crippen LogP contribution >= 0.6 is 11.8 Å². The van der Waals surface area contributed by atoms with Crippen LogP contribution in [-0.2, 0) is 40.6 Å². The summed E-state index contributed by atoms with van der Waals surface area (Å²) in [5, 5.41) is 12.1. The van der Waals surface area contributed by atoms with Gasteiger partial charge in [0.2, 0.25) is 0 Å². The Bertz CT molecular complexity index is 1710. The number of benzene rings is 2. The van der Waals surface area contributed by atoms with Crippen molar-refractivity contribution in [3.05, 3.63) is 114 Å². The molecular weight excluding hydrogens is 677 g/mol. The van der Waals surface area contributed by atoms with E-state index >= 15 is 4.39 Å². The van der Waals surface area contributed by atoms with Gasteiger partial charge in [-0.3, -0.25) is 4.79 Å². The van der Waals surface area contributed by atoms with Gasteiger partial charge in [-0.2, -0.15) is 10.4 Å². The number of carbonyl (C=O) groups is 2. The Morgan fingerprint density at radius 3 is 2.64 bits per heavy atom. The molecule has 0 radical (unpaired) electrons. The molecule has 4 rings (SSSR count). The van der Waals surface area contributed by atoms with Crippen molar-refractivity contribution in [1.82, 2.24) is 14.8 Å². The van der Waals surface area contributed by atoms with Gasteiger partial charge < -0.3 is 23.7 Å². The first kappa shape index (κ1) is 37.9. The summed E-state index contributed by atoms with van der Waals surface area (Å²) in [5.41, 5.74) is -1.24.